The molecule has 49 heteroatoms. The smallest absolute Gasteiger partial charge is 0.303 e. The third-order valence-corrected chi connectivity index (χ3v) is 24.1. The summed E-state index contributed by atoms with van der Waals surface area (Å²) < 4.78 is 0. The number of aromatic hydroxyl groups is 3. The van der Waals surface area contributed by atoms with Crippen LogP contribution in [0, 0.1) is 11.8 Å². The molecule has 17 amide bonds. The number of carbonyl (C=O) groups is 19. The minimum absolute atomic E-state index is 0.0427. The molecule has 8 aromatic rings. The first kappa shape index (κ1) is 114. The number of phenolic OH excluding ortho intramolecular Hbond substituents is 3. The molecule has 0 aliphatic heterocycles. The summed E-state index contributed by atoms with van der Waals surface area (Å²) >= 11 is 1.34. The number of para-hydroxylation sites is 2. The second-order valence-corrected chi connectivity index (χ2v) is 36.0. The Morgan fingerprint density at radius 3 is 1.19 bits per heavy atom. The van der Waals surface area contributed by atoms with Crippen molar-refractivity contribution in [2.45, 2.75) is 209 Å². The molecule has 0 saturated heterocycles. The van der Waals surface area contributed by atoms with Gasteiger partial charge in [-0.15, -0.1) is 0 Å². The zero-order chi connectivity index (χ0) is 106. The highest BCUT2D eigenvalue weighted by Gasteiger charge is 2.41. The number of phenols is 3. The Kier molecular flexibility index (Phi) is 44.1. The lowest BCUT2D eigenvalue weighted by atomic mass is 9.96. The van der Waals surface area contributed by atoms with E-state index in [1.807, 2.05) is 0 Å². The third kappa shape index (κ3) is 36.2. The number of hydrogen-bond acceptors (Lipinski definition) is 27. The van der Waals surface area contributed by atoms with Crippen molar-refractivity contribution in [2.75, 3.05) is 31.7 Å². The quantitative estimate of drug-likeness (QED) is 0.0173. The van der Waals surface area contributed by atoms with Gasteiger partial charge in [0.25, 0.3) is 0 Å². The van der Waals surface area contributed by atoms with Gasteiger partial charge in [0, 0.05) is 97.5 Å². The number of carboxylic acid groups (broad SMARTS) is 2. The fourth-order valence-electron chi connectivity index (χ4n) is 15.2. The molecule has 5 aromatic carbocycles. The average molecular weight is 2030 g/mol. The molecule has 145 heavy (non-hydrogen) atoms. The molecule has 0 fully saturated rings. The lowest BCUT2D eigenvalue weighted by Crippen LogP contribution is -2.63. The number of aromatic amines is 3. The van der Waals surface area contributed by atoms with Crippen LogP contribution in [0.5, 0.6) is 17.2 Å². The van der Waals surface area contributed by atoms with Crippen molar-refractivity contribution in [1.29, 1.82) is 0 Å². The number of hydrogen-bond donors (Lipinski definition) is 28. The Hall–Kier alpha value is -16.1. The van der Waals surface area contributed by atoms with Crippen LogP contribution in [0.4, 0.5) is 0 Å². The normalized spacial score (nSPS) is 14.5. The van der Waals surface area contributed by atoms with Crippen molar-refractivity contribution in [3.8, 4) is 17.2 Å². The van der Waals surface area contributed by atoms with Crippen LogP contribution in [0.2, 0.25) is 0 Å². The van der Waals surface area contributed by atoms with Gasteiger partial charge in [0.1, 0.15) is 95.8 Å². The van der Waals surface area contributed by atoms with Gasteiger partial charge in [-0.1, -0.05) is 107 Å². The van der Waals surface area contributed by atoms with E-state index in [2.05, 4.69) is 99.7 Å². The Labute approximate surface area is 834 Å². The lowest BCUT2D eigenvalue weighted by Gasteiger charge is -2.30. The van der Waals surface area contributed by atoms with Gasteiger partial charge in [-0.2, -0.15) is 11.8 Å². The van der Waals surface area contributed by atoms with Crippen LogP contribution in [-0.4, -0.2) is 290 Å². The van der Waals surface area contributed by atoms with Crippen molar-refractivity contribution < 1.29 is 127 Å². The molecule has 31 N–H and O–H groups in total. The van der Waals surface area contributed by atoms with Crippen LogP contribution < -0.4 is 97.0 Å². The number of imidazole rings is 1. The highest BCUT2D eigenvalue weighted by molar-refractivity contribution is 7.98. The number of primary amides is 2. The molecule has 0 bridgehead atoms. The number of aliphatic hydroxyl groups is 2. The third-order valence-electron chi connectivity index (χ3n) is 23.5. The number of rotatable bonds is 59. The molecular weight excluding hydrogens is 1910 g/mol. The number of fused-ring (bicyclic) bond motifs is 2. The van der Waals surface area contributed by atoms with Crippen LogP contribution in [0.1, 0.15) is 113 Å². The molecule has 8 rings (SSSR count). The first-order valence-corrected chi connectivity index (χ1v) is 47.7. The number of amides is 17. The van der Waals surface area contributed by atoms with E-state index in [1.54, 1.807) is 61.7 Å². The standard InChI is InChI=1S/C96H124N22O26S/c1-7-49(4)81(117-88(136)66(29-31-79(129)130)108-89(137)69(35-52-18-24-58(122)25-19-52)107-77(126)44-103-84(132)62(97)40-75(98)124)95(143)109-65(28-30-78(127)128)86(134)112-71(37-54-41-101-63-14-10-8-12-60(54)63)91(139)111-70(36-53-20-26-59(123)27-21-53)90(138)115-74(46-119)93(141)113-72(38-55-42-102-64-15-11-9-13-61(55)64)92(140)116-80(48(2)3)94(142)118-82(50(5)120)96(144)114-73(39-56-43-100-47-105-56)85(133)104-45-76(125)106-67(32-33-145-6)87(135)110-68(83(99)131)34-51-16-22-57(121)23-17-51/h8-27,41-43,47-50,62,65-74,80-82,101-102,119-123H,7,28-40,44-46,97H2,1-6H3,(H2,98,124)(H2,99,131)(H,100,105)(H,103,132)(H,104,133)(H,106,125)(H,107,126)(H,108,137)(H,109,143)(H,110,135)(H,111,139)(H,112,134)(H,113,141)(H,114,144)(H,115,138)(H,116,140)(H,117,136)(H,118,142)(H,127,128)(H,129,130)/t49-,50+,62-,65-,66-,67-,68-,69-,70-,71-,72-,73-,74-,80-,81-,82-/m0/s1. The number of aromatic nitrogens is 4. The predicted octanol–water partition coefficient (Wildman–Crippen LogP) is -3.97. The van der Waals surface area contributed by atoms with Crippen LogP contribution in [0.3, 0.4) is 0 Å². The summed E-state index contributed by atoms with van der Waals surface area (Å²) in [5, 5.41) is 111. The zero-order valence-electron chi connectivity index (χ0n) is 80.2. The van der Waals surface area contributed by atoms with E-state index in [-0.39, 0.29) is 67.0 Å². The Morgan fingerprint density at radius 2 is 0.759 bits per heavy atom. The molecule has 3 aromatic heterocycles. The van der Waals surface area contributed by atoms with Crippen molar-refractivity contribution in [1.82, 2.24) is 99.7 Å². The topological polar surface area (TPSA) is 785 Å². The number of carboxylic acids is 2. The Balaban J connectivity index is 1.01. The van der Waals surface area contributed by atoms with E-state index in [0.717, 1.165) is 6.92 Å². The van der Waals surface area contributed by atoms with E-state index in [0.29, 0.717) is 49.8 Å². The number of benzene rings is 5. The molecule has 780 valence electrons. The number of nitrogens with zero attached hydrogens (tertiary/aromatic N) is 1. The summed E-state index contributed by atoms with van der Waals surface area (Å²) in [7, 11) is 0. The summed E-state index contributed by atoms with van der Waals surface area (Å²) in [5.41, 5.74) is 19.8. The number of nitrogens with two attached hydrogens (primary N) is 3. The number of H-pyrrole nitrogens is 3. The monoisotopic (exact) mass is 2030 g/mol. The number of aliphatic carboxylic acids is 2. The van der Waals surface area contributed by atoms with E-state index >= 15 is 19.2 Å². The summed E-state index contributed by atoms with van der Waals surface area (Å²) in [4.78, 5) is 278. The number of thioether (sulfide) groups is 1. The average Bonchev–Trinajstić information content (AvgIpc) is 1.65. The van der Waals surface area contributed by atoms with Gasteiger partial charge >= 0.3 is 11.9 Å². The SMILES string of the molecule is CC[C@H](C)[C@H](NC(=O)[C@H](CCC(=O)O)NC(=O)[C@H](Cc1ccc(O)cc1)NC(=O)CNC(=O)[C@@H](N)CC(N)=O)C(=O)N[C@@H](CCC(=O)O)C(=O)N[C@@H](Cc1c[nH]c2ccccc12)C(=O)N[C@@H](Cc1ccc(O)cc1)C(=O)N[C@@H](CO)C(=O)N[C@@H](Cc1c[nH]c2ccccc12)C(=O)N[C@H](C(=O)N[C@H](C(=O)N[C@@H](Cc1cnc[nH]1)C(=O)NCC(=O)N[C@@H](CCSC)C(=O)N[C@@H](Cc1ccc(O)cc1)C(N)=O)[C@@H](C)O)C(C)C. The van der Waals surface area contributed by atoms with Gasteiger partial charge in [-0.25, -0.2) is 4.98 Å². The highest BCUT2D eigenvalue weighted by atomic mass is 32.2. The van der Waals surface area contributed by atoms with E-state index in [4.69, 9.17) is 17.2 Å². The maximum absolute atomic E-state index is 15.5. The largest absolute Gasteiger partial charge is 0.508 e. The molecule has 0 spiro atoms. The molecule has 0 aliphatic rings. The number of carbonyl (C=O) groups excluding carboxylic acids is 17. The fraction of sp³-hybridized carbons (Fsp3) is 0.417. The molecule has 3 heterocycles. The number of aliphatic hydroxyl groups excluding tert-OH is 2. The zero-order valence-corrected chi connectivity index (χ0v) is 81.0. The van der Waals surface area contributed by atoms with Gasteiger partial charge in [0.15, 0.2) is 0 Å². The minimum atomic E-state index is -2.02. The van der Waals surface area contributed by atoms with Crippen molar-refractivity contribution in [3.05, 3.63) is 180 Å². The summed E-state index contributed by atoms with van der Waals surface area (Å²) in [5.74, 6) is -22.8. The molecular formula is C96H124N22O26S. The Morgan fingerprint density at radius 1 is 0.400 bits per heavy atom. The lowest BCUT2D eigenvalue weighted by molar-refractivity contribution is -0.139. The van der Waals surface area contributed by atoms with E-state index in [1.165, 1.54) is 130 Å². The van der Waals surface area contributed by atoms with Gasteiger partial charge in [0.05, 0.1) is 44.6 Å². The Bertz CT molecular complexity index is 5860. The van der Waals surface area contributed by atoms with Crippen LogP contribution >= 0.6 is 11.8 Å². The van der Waals surface area contributed by atoms with Gasteiger partial charge < -0.3 is 148 Å². The van der Waals surface area contributed by atoms with Crippen LogP contribution in [0.25, 0.3) is 21.8 Å². The molecule has 16 atom stereocenters. The summed E-state index contributed by atoms with van der Waals surface area (Å²) in [6.45, 7) is 4.43. The van der Waals surface area contributed by atoms with Crippen LogP contribution in [0.15, 0.2) is 146 Å². The summed E-state index contributed by atoms with van der Waals surface area (Å²) in [6.07, 6.45) is 0.201. The van der Waals surface area contributed by atoms with Gasteiger partial charge in [0.2, 0.25) is 100 Å². The maximum Gasteiger partial charge on any atom is 0.303 e. The van der Waals surface area contributed by atoms with Gasteiger partial charge in [-0.05, 0) is 126 Å². The van der Waals surface area contributed by atoms with E-state index < -0.39 is 280 Å². The second-order valence-electron chi connectivity index (χ2n) is 35.0. The predicted molar refractivity (Wildman–Crippen MR) is 524 cm³/mol. The maximum atomic E-state index is 15.5. The van der Waals surface area contributed by atoms with Crippen molar-refractivity contribution in [3.63, 3.8) is 0 Å². The highest BCUT2D eigenvalue weighted by Crippen LogP contribution is 2.25. The second kappa shape index (κ2) is 56.0. The first-order valence-electron chi connectivity index (χ1n) is 46.4. The molecule has 0 aliphatic carbocycles. The molecule has 0 unspecified atom stereocenters. The molecule has 0 radical (unpaired) electrons. The minimum Gasteiger partial charge on any atom is -0.508 e. The number of nitrogens with one attached hydrogen (secondary N) is 18. The van der Waals surface area contributed by atoms with Gasteiger partial charge in [-0.3, -0.25) is 91.1 Å². The van der Waals surface area contributed by atoms with E-state index in [9.17, 15) is 108 Å². The van der Waals surface area contributed by atoms with Crippen molar-refractivity contribution in [2.24, 2.45) is 29.0 Å². The first-order chi connectivity index (χ1) is 68.9. The molecule has 0 saturated carbocycles. The molecule has 48 nitrogen and oxygen atoms in total. The van der Waals surface area contributed by atoms with Crippen LogP contribution in [-0.2, 0) is 130 Å². The fourth-order valence-corrected chi connectivity index (χ4v) is 15.7. The van der Waals surface area contributed by atoms with Crippen molar-refractivity contribution >= 4 is 146 Å². The summed E-state index contributed by atoms with van der Waals surface area (Å²) in [6, 6.07) is 6.40.